The van der Waals surface area contributed by atoms with Crippen molar-refractivity contribution < 1.29 is 24.2 Å². The minimum absolute atomic E-state index is 0.00700. The van der Waals surface area contributed by atoms with Crippen molar-refractivity contribution in [1.82, 2.24) is 0 Å². The fourth-order valence-electron chi connectivity index (χ4n) is 6.50. The largest absolute Gasteiger partial charge is 0.462 e. The Balaban J connectivity index is 1.93. The van der Waals surface area contributed by atoms with Crippen LogP contribution in [-0.4, -0.2) is 35.4 Å². The molecule has 0 spiro atoms. The molecule has 2 aliphatic carbocycles. The number of rotatable bonds is 4. The predicted octanol–water partition coefficient (Wildman–Crippen LogP) is 3.79. The Labute approximate surface area is 162 Å². The molecular weight excluding hydrogens is 344 g/mol. The van der Waals surface area contributed by atoms with Crippen LogP contribution in [0.3, 0.4) is 0 Å². The van der Waals surface area contributed by atoms with Crippen LogP contribution in [0.1, 0.15) is 73.1 Å². The minimum atomic E-state index is -0.863. The van der Waals surface area contributed by atoms with E-state index in [0.717, 1.165) is 24.8 Å². The molecule has 27 heavy (non-hydrogen) atoms. The molecule has 3 aliphatic rings. The van der Waals surface area contributed by atoms with Crippen molar-refractivity contribution >= 4 is 11.9 Å². The summed E-state index contributed by atoms with van der Waals surface area (Å²) in [6, 6.07) is 0. The van der Waals surface area contributed by atoms with Crippen LogP contribution >= 0.6 is 0 Å². The fourth-order valence-corrected chi connectivity index (χ4v) is 6.50. The van der Waals surface area contributed by atoms with Gasteiger partial charge in [0, 0.05) is 24.3 Å². The highest BCUT2D eigenvalue weighted by Gasteiger charge is 2.64. The third-order valence-corrected chi connectivity index (χ3v) is 7.67. The van der Waals surface area contributed by atoms with Crippen LogP contribution in [0.4, 0.5) is 0 Å². The summed E-state index contributed by atoms with van der Waals surface area (Å²) in [6.45, 7) is 10.6. The Hall–Kier alpha value is -1.36. The summed E-state index contributed by atoms with van der Waals surface area (Å²) in [5, 5.41) is 12.0. The lowest BCUT2D eigenvalue weighted by Gasteiger charge is -2.64. The average molecular weight is 379 g/mol. The number of fused-ring (bicyclic) bond motifs is 1. The standard InChI is InChI=1S/C22H34O5/c1-14-11-17(27-15(2)23)19-20(3,4)8-6-9-21(19,5)22(14,25)10-7-16-12-18(24)26-13-16/h12,14,17,19,25H,6-11,13H2,1-5H3/t14-,17-,19?,21+,22-/m1/s1. The topological polar surface area (TPSA) is 72.8 Å². The van der Waals surface area contributed by atoms with Crippen LogP contribution in [0.25, 0.3) is 0 Å². The van der Waals surface area contributed by atoms with Crippen LogP contribution in [0.2, 0.25) is 0 Å². The highest BCUT2D eigenvalue weighted by Crippen LogP contribution is 2.64. The van der Waals surface area contributed by atoms with Gasteiger partial charge >= 0.3 is 11.9 Å². The second-order valence-electron chi connectivity index (χ2n) is 9.86. The molecule has 1 N–H and O–H groups in total. The van der Waals surface area contributed by atoms with Gasteiger partial charge < -0.3 is 14.6 Å². The molecular formula is C22H34O5. The van der Waals surface area contributed by atoms with E-state index in [1.807, 2.05) is 0 Å². The molecule has 0 aromatic heterocycles. The molecule has 5 nitrogen and oxygen atoms in total. The number of esters is 2. The van der Waals surface area contributed by atoms with Gasteiger partial charge in [-0.2, -0.15) is 0 Å². The van der Waals surface area contributed by atoms with Crippen LogP contribution < -0.4 is 0 Å². The lowest BCUT2D eigenvalue weighted by atomic mass is 9.43. The zero-order chi connectivity index (χ0) is 20.0. The van der Waals surface area contributed by atoms with Gasteiger partial charge in [0.15, 0.2) is 0 Å². The smallest absolute Gasteiger partial charge is 0.331 e. The van der Waals surface area contributed by atoms with Gasteiger partial charge in [0.25, 0.3) is 0 Å². The first-order valence-electron chi connectivity index (χ1n) is 10.3. The summed E-state index contributed by atoms with van der Waals surface area (Å²) in [5.74, 6) is -0.408. The van der Waals surface area contributed by atoms with E-state index in [-0.39, 0.29) is 40.7 Å². The highest BCUT2D eigenvalue weighted by molar-refractivity contribution is 5.85. The maximum Gasteiger partial charge on any atom is 0.331 e. The molecule has 1 unspecified atom stereocenters. The SMILES string of the molecule is CC(=O)O[C@@H]1C[C@@H](C)[C@](O)(CCC2=CC(=O)OC2)[C@@]2(C)CCCC(C)(C)C12. The van der Waals surface area contributed by atoms with E-state index >= 15 is 0 Å². The summed E-state index contributed by atoms with van der Waals surface area (Å²) < 4.78 is 10.8. The molecule has 5 atom stereocenters. The van der Waals surface area contributed by atoms with Crippen LogP contribution in [-0.2, 0) is 19.1 Å². The predicted molar refractivity (Wildman–Crippen MR) is 102 cm³/mol. The lowest BCUT2D eigenvalue weighted by Crippen LogP contribution is -2.66. The average Bonchev–Trinajstić information content (AvgIpc) is 2.95. The van der Waals surface area contributed by atoms with E-state index in [1.165, 1.54) is 6.92 Å². The third-order valence-electron chi connectivity index (χ3n) is 7.67. The number of ether oxygens (including phenoxy) is 2. The van der Waals surface area contributed by atoms with E-state index in [0.29, 0.717) is 25.9 Å². The van der Waals surface area contributed by atoms with Gasteiger partial charge in [-0.1, -0.05) is 34.1 Å². The first-order chi connectivity index (χ1) is 12.5. The zero-order valence-corrected chi connectivity index (χ0v) is 17.3. The molecule has 1 aliphatic heterocycles. The van der Waals surface area contributed by atoms with Crippen LogP contribution in [0.5, 0.6) is 0 Å². The summed E-state index contributed by atoms with van der Waals surface area (Å²) >= 11 is 0. The van der Waals surface area contributed by atoms with Gasteiger partial charge in [0.05, 0.1) is 5.60 Å². The van der Waals surface area contributed by atoms with Gasteiger partial charge in [-0.25, -0.2) is 4.79 Å². The molecule has 2 saturated carbocycles. The summed E-state index contributed by atoms with van der Waals surface area (Å²) in [6.07, 6.45) is 6.40. The first-order valence-corrected chi connectivity index (χ1v) is 10.3. The molecule has 1 heterocycles. The lowest BCUT2D eigenvalue weighted by molar-refractivity contribution is -0.249. The molecule has 0 bridgehead atoms. The van der Waals surface area contributed by atoms with Gasteiger partial charge in [0.2, 0.25) is 0 Å². The van der Waals surface area contributed by atoms with Crippen LogP contribution in [0, 0.1) is 22.7 Å². The maximum atomic E-state index is 12.0. The maximum absolute atomic E-state index is 12.0. The molecule has 5 heteroatoms. The van der Waals surface area contributed by atoms with Gasteiger partial charge in [-0.15, -0.1) is 0 Å². The van der Waals surface area contributed by atoms with Crippen molar-refractivity contribution in [2.75, 3.05) is 6.61 Å². The first kappa shape index (κ1) is 20.4. The Morgan fingerprint density at radius 2 is 2.04 bits per heavy atom. The number of hydrogen-bond donors (Lipinski definition) is 1. The Morgan fingerprint density at radius 3 is 2.63 bits per heavy atom. The highest BCUT2D eigenvalue weighted by atomic mass is 16.5. The van der Waals surface area contributed by atoms with Crippen molar-refractivity contribution in [2.45, 2.75) is 84.8 Å². The van der Waals surface area contributed by atoms with E-state index in [2.05, 4.69) is 27.7 Å². The monoisotopic (exact) mass is 378 g/mol. The Morgan fingerprint density at radius 1 is 1.33 bits per heavy atom. The van der Waals surface area contributed by atoms with Crippen molar-refractivity contribution in [1.29, 1.82) is 0 Å². The van der Waals surface area contributed by atoms with Crippen molar-refractivity contribution in [3.05, 3.63) is 11.6 Å². The van der Waals surface area contributed by atoms with Crippen molar-refractivity contribution in [3.63, 3.8) is 0 Å². The number of aliphatic hydroxyl groups is 1. The summed E-state index contributed by atoms with van der Waals surface area (Å²) in [5.41, 5.74) is -0.250. The number of cyclic esters (lactones) is 1. The van der Waals surface area contributed by atoms with Crippen LogP contribution in [0.15, 0.2) is 11.6 Å². The fraction of sp³-hybridized carbons (Fsp3) is 0.818. The quantitative estimate of drug-likeness (QED) is 0.754. The minimum Gasteiger partial charge on any atom is -0.462 e. The third kappa shape index (κ3) is 3.43. The Kier molecular flexibility index (Phi) is 5.21. The van der Waals surface area contributed by atoms with Gasteiger partial charge in [0.1, 0.15) is 12.7 Å². The molecule has 0 radical (unpaired) electrons. The zero-order valence-electron chi connectivity index (χ0n) is 17.3. The second kappa shape index (κ2) is 6.91. The second-order valence-corrected chi connectivity index (χ2v) is 9.86. The normalized spacial score (nSPS) is 40.7. The van der Waals surface area contributed by atoms with E-state index in [4.69, 9.17) is 9.47 Å². The molecule has 3 rings (SSSR count). The molecule has 0 aromatic carbocycles. The molecule has 0 saturated heterocycles. The number of carbonyl (C=O) groups excluding carboxylic acids is 2. The van der Waals surface area contributed by atoms with Gasteiger partial charge in [-0.05, 0) is 49.0 Å². The molecule has 152 valence electrons. The number of carbonyl (C=O) groups is 2. The summed E-state index contributed by atoms with van der Waals surface area (Å²) in [7, 11) is 0. The van der Waals surface area contributed by atoms with Gasteiger partial charge in [-0.3, -0.25) is 4.79 Å². The molecule has 2 fully saturated rings. The Bertz CT molecular complexity index is 651. The van der Waals surface area contributed by atoms with Crippen molar-refractivity contribution in [2.24, 2.45) is 22.7 Å². The van der Waals surface area contributed by atoms with Crippen molar-refractivity contribution in [3.8, 4) is 0 Å². The van der Waals surface area contributed by atoms with E-state index in [9.17, 15) is 14.7 Å². The number of hydrogen-bond acceptors (Lipinski definition) is 5. The molecule has 0 amide bonds. The van der Waals surface area contributed by atoms with E-state index < -0.39 is 5.60 Å². The summed E-state index contributed by atoms with van der Waals surface area (Å²) in [4.78, 5) is 23.1. The molecule has 0 aromatic rings. The van der Waals surface area contributed by atoms with E-state index in [1.54, 1.807) is 6.08 Å².